The van der Waals surface area contributed by atoms with Gasteiger partial charge in [-0.1, -0.05) is 41.1 Å². The van der Waals surface area contributed by atoms with E-state index in [1.165, 1.54) is 0 Å². The molecular weight excluding hydrogens is 440 g/mol. The van der Waals surface area contributed by atoms with Crippen molar-refractivity contribution in [3.05, 3.63) is 82.6 Å². The van der Waals surface area contributed by atoms with Crippen LogP contribution in [0.25, 0.3) is 22.4 Å². The molecule has 2 aromatic heterocycles. The van der Waals surface area contributed by atoms with Crippen LogP contribution >= 0.6 is 11.6 Å². The zero-order chi connectivity index (χ0) is 23.5. The van der Waals surface area contributed by atoms with E-state index in [1.807, 2.05) is 31.2 Å². The van der Waals surface area contributed by atoms with Crippen LogP contribution in [-0.4, -0.2) is 37.6 Å². The number of nitrogens with one attached hydrogen (secondary N) is 1. The normalized spacial score (nSPS) is 11.9. The molecule has 1 unspecified atom stereocenters. The Labute approximate surface area is 196 Å². The maximum Gasteiger partial charge on any atom is 0.252 e. The summed E-state index contributed by atoms with van der Waals surface area (Å²) in [6, 6.07) is 13.9. The van der Waals surface area contributed by atoms with E-state index < -0.39 is 6.04 Å². The van der Waals surface area contributed by atoms with Crippen molar-refractivity contribution >= 4 is 23.3 Å². The Hall–Kier alpha value is -3.75. The first kappa shape index (κ1) is 22.4. The summed E-state index contributed by atoms with van der Waals surface area (Å²) in [5.74, 6) is 0.0886. The Bertz CT molecular complexity index is 1320. The minimum absolute atomic E-state index is 0.249. The third kappa shape index (κ3) is 4.72. The summed E-state index contributed by atoms with van der Waals surface area (Å²) in [6.45, 7) is 1.60. The Balaban J connectivity index is 1.61. The van der Waals surface area contributed by atoms with Crippen molar-refractivity contribution in [2.24, 2.45) is 7.05 Å². The summed E-state index contributed by atoms with van der Waals surface area (Å²) in [6.07, 6.45) is 3.34. The molecule has 1 amide bonds. The number of carbonyl (C=O) groups is 1. The van der Waals surface area contributed by atoms with Gasteiger partial charge < -0.3 is 16.2 Å². The fraction of sp³-hybridized carbons (Fsp3) is 0.167. The van der Waals surface area contributed by atoms with E-state index in [9.17, 15) is 9.90 Å². The summed E-state index contributed by atoms with van der Waals surface area (Å²) < 4.78 is 1.66. The molecule has 0 aliphatic carbocycles. The third-order valence-electron chi connectivity index (χ3n) is 5.45. The van der Waals surface area contributed by atoms with Gasteiger partial charge in [-0.15, -0.1) is 5.10 Å². The Morgan fingerprint density at radius 1 is 1.18 bits per heavy atom. The number of anilines is 1. The van der Waals surface area contributed by atoms with Crippen molar-refractivity contribution in [2.45, 2.75) is 13.0 Å². The van der Waals surface area contributed by atoms with Crippen LogP contribution in [0.2, 0.25) is 5.02 Å². The second-order valence-corrected chi connectivity index (χ2v) is 8.13. The smallest absolute Gasteiger partial charge is 0.252 e. The van der Waals surface area contributed by atoms with Gasteiger partial charge in [-0.25, -0.2) is 9.67 Å². The third-order valence-corrected chi connectivity index (χ3v) is 5.68. The highest BCUT2D eigenvalue weighted by Gasteiger charge is 2.18. The molecule has 0 spiro atoms. The van der Waals surface area contributed by atoms with E-state index in [4.69, 9.17) is 17.3 Å². The highest BCUT2D eigenvalue weighted by Crippen LogP contribution is 2.30. The predicted molar refractivity (Wildman–Crippen MR) is 128 cm³/mol. The van der Waals surface area contributed by atoms with Crippen molar-refractivity contribution in [3.63, 3.8) is 0 Å². The molecule has 1 atom stereocenters. The summed E-state index contributed by atoms with van der Waals surface area (Å²) in [5, 5.41) is 21.1. The van der Waals surface area contributed by atoms with Gasteiger partial charge in [0.05, 0.1) is 24.5 Å². The number of amides is 1. The van der Waals surface area contributed by atoms with Crippen molar-refractivity contribution in [1.29, 1.82) is 0 Å². The molecule has 0 aliphatic heterocycles. The Morgan fingerprint density at radius 3 is 2.67 bits per heavy atom. The van der Waals surface area contributed by atoms with Crippen LogP contribution in [0.5, 0.6) is 0 Å². The van der Waals surface area contributed by atoms with Crippen LogP contribution in [0, 0.1) is 6.92 Å². The average Bonchev–Trinajstić information content (AvgIpc) is 3.23. The number of pyridine rings is 1. The number of nitrogen functional groups attached to an aromatic ring is 1. The van der Waals surface area contributed by atoms with Gasteiger partial charge in [-0.05, 0) is 47.9 Å². The molecule has 4 aromatic rings. The number of rotatable bonds is 6. The standard InChI is InChI=1S/C24H23ClN6O2/c1-14-8-15(20-10-17(11-27-23(20)26)22-12-28-30-31(22)2)6-7-19(14)24(33)29-21(13-32)16-4-3-5-18(25)9-16/h3-12,21,32H,13H2,1-2H3,(H2,26,27)(H,29,33). The van der Waals surface area contributed by atoms with Crippen LogP contribution in [0.1, 0.15) is 27.5 Å². The van der Waals surface area contributed by atoms with Gasteiger partial charge in [0, 0.05) is 35.0 Å². The fourth-order valence-electron chi connectivity index (χ4n) is 3.68. The van der Waals surface area contributed by atoms with Crippen LogP contribution in [0.15, 0.2) is 60.9 Å². The molecule has 0 radical (unpaired) electrons. The number of halogens is 1. The fourth-order valence-corrected chi connectivity index (χ4v) is 3.88. The first-order chi connectivity index (χ1) is 15.9. The van der Waals surface area contributed by atoms with Crippen molar-refractivity contribution in [1.82, 2.24) is 25.3 Å². The van der Waals surface area contributed by atoms with Gasteiger partial charge in [-0.2, -0.15) is 0 Å². The molecule has 9 heteroatoms. The second-order valence-electron chi connectivity index (χ2n) is 7.69. The van der Waals surface area contributed by atoms with Crippen LogP contribution in [0.4, 0.5) is 5.82 Å². The first-order valence-corrected chi connectivity index (χ1v) is 10.6. The molecule has 4 N–H and O–H groups in total. The number of nitrogens with two attached hydrogens (primary N) is 1. The molecule has 0 bridgehead atoms. The van der Waals surface area contributed by atoms with Gasteiger partial charge in [0.15, 0.2) is 0 Å². The average molecular weight is 463 g/mol. The van der Waals surface area contributed by atoms with Gasteiger partial charge >= 0.3 is 0 Å². The number of aryl methyl sites for hydroxylation is 2. The largest absolute Gasteiger partial charge is 0.394 e. The number of nitrogens with zero attached hydrogens (tertiary/aromatic N) is 4. The molecule has 168 valence electrons. The van der Waals surface area contributed by atoms with Gasteiger partial charge in [0.1, 0.15) is 5.82 Å². The van der Waals surface area contributed by atoms with E-state index in [-0.39, 0.29) is 12.5 Å². The summed E-state index contributed by atoms with van der Waals surface area (Å²) >= 11 is 6.05. The maximum absolute atomic E-state index is 12.9. The molecule has 0 fully saturated rings. The zero-order valence-electron chi connectivity index (χ0n) is 18.2. The monoisotopic (exact) mass is 462 g/mol. The van der Waals surface area contributed by atoms with Crippen LogP contribution in [-0.2, 0) is 7.05 Å². The van der Waals surface area contributed by atoms with Crippen LogP contribution in [0.3, 0.4) is 0 Å². The summed E-state index contributed by atoms with van der Waals surface area (Å²) in [4.78, 5) is 17.3. The first-order valence-electron chi connectivity index (χ1n) is 10.3. The van der Waals surface area contributed by atoms with E-state index in [0.29, 0.717) is 16.4 Å². The van der Waals surface area contributed by atoms with Gasteiger partial charge in [0.2, 0.25) is 0 Å². The number of hydrogen-bond acceptors (Lipinski definition) is 6. The predicted octanol–water partition coefficient (Wildman–Crippen LogP) is 3.55. The molecule has 0 aliphatic rings. The molecule has 4 rings (SSSR count). The lowest BCUT2D eigenvalue weighted by Gasteiger charge is -2.18. The summed E-state index contributed by atoms with van der Waals surface area (Å²) in [7, 11) is 1.80. The zero-order valence-corrected chi connectivity index (χ0v) is 18.9. The lowest BCUT2D eigenvalue weighted by atomic mass is 9.98. The molecular formula is C24H23ClN6O2. The minimum atomic E-state index is -0.570. The van der Waals surface area contributed by atoms with E-state index in [2.05, 4.69) is 20.6 Å². The molecule has 2 aromatic carbocycles. The molecule has 33 heavy (non-hydrogen) atoms. The highest BCUT2D eigenvalue weighted by atomic mass is 35.5. The highest BCUT2D eigenvalue weighted by molar-refractivity contribution is 6.30. The van der Waals surface area contributed by atoms with E-state index in [1.54, 1.807) is 48.4 Å². The molecule has 0 saturated heterocycles. The van der Waals surface area contributed by atoms with Crippen molar-refractivity contribution in [3.8, 4) is 22.4 Å². The minimum Gasteiger partial charge on any atom is -0.394 e. The summed E-state index contributed by atoms with van der Waals surface area (Å²) in [5.41, 5.74) is 11.4. The maximum atomic E-state index is 12.9. The van der Waals surface area contributed by atoms with Crippen molar-refractivity contribution < 1.29 is 9.90 Å². The number of aliphatic hydroxyl groups excluding tert-OH is 1. The molecule has 2 heterocycles. The number of carbonyl (C=O) groups excluding carboxylic acids is 1. The lowest BCUT2D eigenvalue weighted by Crippen LogP contribution is -2.31. The number of hydrogen-bond donors (Lipinski definition) is 3. The van der Waals surface area contributed by atoms with E-state index in [0.717, 1.165) is 33.5 Å². The lowest BCUT2D eigenvalue weighted by molar-refractivity contribution is 0.0915. The van der Waals surface area contributed by atoms with Crippen LogP contribution < -0.4 is 11.1 Å². The number of aromatic nitrogens is 4. The molecule has 0 saturated carbocycles. The quantitative estimate of drug-likeness (QED) is 0.403. The second kappa shape index (κ2) is 9.40. The number of aliphatic hydroxyl groups is 1. The number of benzene rings is 2. The Morgan fingerprint density at radius 2 is 2.00 bits per heavy atom. The topological polar surface area (TPSA) is 119 Å². The Kier molecular flexibility index (Phi) is 6.39. The van der Waals surface area contributed by atoms with Crippen molar-refractivity contribution in [2.75, 3.05) is 12.3 Å². The van der Waals surface area contributed by atoms with Gasteiger partial charge in [0.25, 0.3) is 5.91 Å². The van der Waals surface area contributed by atoms with Gasteiger partial charge in [-0.3, -0.25) is 4.79 Å². The molecule has 8 nitrogen and oxygen atoms in total. The van der Waals surface area contributed by atoms with E-state index >= 15 is 0 Å². The SMILES string of the molecule is Cc1cc(-c2cc(-c3cnnn3C)cnc2N)ccc1C(=O)NC(CO)c1cccc(Cl)c1.